The fourth-order valence-corrected chi connectivity index (χ4v) is 2.79. The standard InChI is InChI=1S/C15H19N3/c16-10-9-13-15(12-6-2-1-3-7-12)14-8-4-5-11-18(14)17-13/h1-3,6-7H,4-5,8-11,16H2. The maximum absolute atomic E-state index is 5.72. The molecule has 0 aliphatic carbocycles. The summed E-state index contributed by atoms with van der Waals surface area (Å²) in [6, 6.07) is 10.6. The third kappa shape index (κ3) is 1.95. The molecular formula is C15H19N3. The van der Waals surface area contributed by atoms with Gasteiger partial charge in [-0.1, -0.05) is 30.3 Å². The molecular weight excluding hydrogens is 222 g/mol. The molecule has 0 amide bonds. The molecule has 94 valence electrons. The molecule has 0 saturated heterocycles. The summed E-state index contributed by atoms with van der Waals surface area (Å²) in [5, 5.41) is 4.75. The van der Waals surface area contributed by atoms with Crippen molar-refractivity contribution >= 4 is 0 Å². The Balaban J connectivity index is 2.13. The Bertz CT molecular complexity index is 528. The molecule has 1 aliphatic rings. The smallest absolute Gasteiger partial charge is 0.0718 e. The van der Waals surface area contributed by atoms with E-state index in [1.165, 1.54) is 35.4 Å². The lowest BCUT2D eigenvalue weighted by atomic mass is 9.97. The van der Waals surface area contributed by atoms with Crippen LogP contribution in [-0.2, 0) is 19.4 Å². The van der Waals surface area contributed by atoms with E-state index in [2.05, 4.69) is 35.0 Å². The lowest BCUT2D eigenvalue weighted by molar-refractivity contribution is 0.484. The summed E-state index contributed by atoms with van der Waals surface area (Å²) in [4.78, 5) is 0. The minimum atomic E-state index is 0.663. The van der Waals surface area contributed by atoms with Crippen molar-refractivity contribution in [2.45, 2.75) is 32.2 Å². The maximum atomic E-state index is 5.72. The van der Waals surface area contributed by atoms with Crippen LogP contribution < -0.4 is 5.73 Å². The summed E-state index contributed by atoms with van der Waals surface area (Å²) < 4.78 is 2.19. The molecule has 1 aliphatic heterocycles. The number of fused-ring (bicyclic) bond motifs is 1. The van der Waals surface area contributed by atoms with Gasteiger partial charge in [-0.3, -0.25) is 4.68 Å². The highest BCUT2D eigenvalue weighted by molar-refractivity contribution is 5.69. The minimum Gasteiger partial charge on any atom is -0.330 e. The van der Waals surface area contributed by atoms with Gasteiger partial charge in [0, 0.05) is 24.2 Å². The van der Waals surface area contributed by atoms with Crippen LogP contribution in [-0.4, -0.2) is 16.3 Å². The second kappa shape index (κ2) is 4.94. The number of nitrogens with zero attached hydrogens (tertiary/aromatic N) is 2. The molecule has 0 saturated carbocycles. The predicted molar refractivity (Wildman–Crippen MR) is 73.4 cm³/mol. The second-order valence-corrected chi connectivity index (χ2v) is 4.85. The summed E-state index contributed by atoms with van der Waals surface area (Å²) in [5.74, 6) is 0. The highest BCUT2D eigenvalue weighted by Gasteiger charge is 2.20. The zero-order valence-electron chi connectivity index (χ0n) is 10.6. The molecule has 0 atom stereocenters. The Hall–Kier alpha value is -1.61. The van der Waals surface area contributed by atoms with Crippen LogP contribution in [0.25, 0.3) is 11.1 Å². The average Bonchev–Trinajstić information content (AvgIpc) is 2.78. The van der Waals surface area contributed by atoms with Gasteiger partial charge in [-0.2, -0.15) is 5.10 Å². The Morgan fingerprint density at radius 2 is 2.00 bits per heavy atom. The topological polar surface area (TPSA) is 43.8 Å². The van der Waals surface area contributed by atoms with Gasteiger partial charge in [0.1, 0.15) is 0 Å². The quantitative estimate of drug-likeness (QED) is 0.896. The molecule has 18 heavy (non-hydrogen) atoms. The van der Waals surface area contributed by atoms with Gasteiger partial charge in [-0.15, -0.1) is 0 Å². The molecule has 0 spiro atoms. The van der Waals surface area contributed by atoms with Crippen LogP contribution in [0.4, 0.5) is 0 Å². The second-order valence-electron chi connectivity index (χ2n) is 4.85. The molecule has 1 aromatic heterocycles. The molecule has 3 rings (SSSR count). The first kappa shape index (κ1) is 11.5. The van der Waals surface area contributed by atoms with Gasteiger partial charge in [0.15, 0.2) is 0 Å². The third-order valence-electron chi connectivity index (χ3n) is 3.61. The number of aryl methyl sites for hydroxylation is 1. The van der Waals surface area contributed by atoms with Gasteiger partial charge >= 0.3 is 0 Å². The zero-order chi connectivity index (χ0) is 12.4. The minimum absolute atomic E-state index is 0.663. The first-order chi connectivity index (χ1) is 8.90. The number of hydrogen-bond donors (Lipinski definition) is 1. The van der Waals surface area contributed by atoms with Gasteiger partial charge in [0.05, 0.1) is 5.69 Å². The molecule has 2 N–H and O–H groups in total. The van der Waals surface area contributed by atoms with Crippen LogP contribution in [0.15, 0.2) is 30.3 Å². The monoisotopic (exact) mass is 241 g/mol. The highest BCUT2D eigenvalue weighted by atomic mass is 15.3. The number of aromatic nitrogens is 2. The Morgan fingerprint density at radius 1 is 1.17 bits per heavy atom. The van der Waals surface area contributed by atoms with E-state index >= 15 is 0 Å². The molecule has 0 unspecified atom stereocenters. The van der Waals surface area contributed by atoms with Crippen molar-refractivity contribution in [3.8, 4) is 11.1 Å². The SMILES string of the molecule is NCCc1nn2c(c1-c1ccccc1)CCCC2. The average molecular weight is 241 g/mol. The first-order valence-corrected chi connectivity index (χ1v) is 6.74. The predicted octanol–water partition coefficient (Wildman–Crippen LogP) is 2.39. The van der Waals surface area contributed by atoms with E-state index in [-0.39, 0.29) is 0 Å². The summed E-state index contributed by atoms with van der Waals surface area (Å²) in [6.07, 6.45) is 4.52. The molecule has 3 heteroatoms. The fourth-order valence-electron chi connectivity index (χ4n) is 2.79. The van der Waals surface area contributed by atoms with Crippen molar-refractivity contribution < 1.29 is 0 Å². The van der Waals surface area contributed by atoms with Crippen LogP contribution >= 0.6 is 0 Å². The molecule has 1 aromatic carbocycles. The Labute approximate surface area is 108 Å². The summed E-state index contributed by atoms with van der Waals surface area (Å²) in [5.41, 5.74) is 10.9. The van der Waals surface area contributed by atoms with E-state index in [4.69, 9.17) is 10.8 Å². The van der Waals surface area contributed by atoms with Gasteiger partial charge < -0.3 is 5.73 Å². The van der Waals surface area contributed by atoms with Crippen LogP contribution in [0.2, 0.25) is 0 Å². The third-order valence-corrected chi connectivity index (χ3v) is 3.61. The van der Waals surface area contributed by atoms with E-state index in [1.807, 2.05) is 0 Å². The highest BCUT2D eigenvalue weighted by Crippen LogP contribution is 2.31. The van der Waals surface area contributed by atoms with Crippen molar-refractivity contribution in [3.05, 3.63) is 41.7 Å². The van der Waals surface area contributed by atoms with E-state index < -0.39 is 0 Å². The summed E-state index contributed by atoms with van der Waals surface area (Å²) >= 11 is 0. The molecule has 0 bridgehead atoms. The molecule has 0 fully saturated rings. The largest absolute Gasteiger partial charge is 0.330 e. The number of nitrogens with two attached hydrogens (primary N) is 1. The lowest BCUT2D eigenvalue weighted by Crippen LogP contribution is -2.11. The normalized spacial score (nSPS) is 14.5. The van der Waals surface area contributed by atoms with Gasteiger partial charge in [-0.25, -0.2) is 0 Å². The molecule has 0 radical (unpaired) electrons. The van der Waals surface area contributed by atoms with E-state index in [1.54, 1.807) is 0 Å². The van der Waals surface area contributed by atoms with Crippen LogP contribution in [0, 0.1) is 0 Å². The number of hydrogen-bond acceptors (Lipinski definition) is 2. The summed E-state index contributed by atoms with van der Waals surface area (Å²) in [7, 11) is 0. The van der Waals surface area contributed by atoms with Crippen molar-refractivity contribution in [1.29, 1.82) is 0 Å². The van der Waals surface area contributed by atoms with Crippen molar-refractivity contribution in [2.24, 2.45) is 5.73 Å². The summed E-state index contributed by atoms with van der Waals surface area (Å²) in [6.45, 7) is 1.72. The van der Waals surface area contributed by atoms with E-state index in [0.29, 0.717) is 6.54 Å². The maximum Gasteiger partial charge on any atom is 0.0718 e. The van der Waals surface area contributed by atoms with E-state index in [0.717, 1.165) is 19.4 Å². The van der Waals surface area contributed by atoms with Crippen LogP contribution in [0.1, 0.15) is 24.2 Å². The van der Waals surface area contributed by atoms with E-state index in [9.17, 15) is 0 Å². The zero-order valence-corrected chi connectivity index (χ0v) is 10.6. The molecule has 3 nitrogen and oxygen atoms in total. The number of rotatable bonds is 3. The van der Waals surface area contributed by atoms with Gasteiger partial charge in [0.25, 0.3) is 0 Å². The van der Waals surface area contributed by atoms with Crippen molar-refractivity contribution in [3.63, 3.8) is 0 Å². The van der Waals surface area contributed by atoms with Crippen LogP contribution in [0.3, 0.4) is 0 Å². The Morgan fingerprint density at radius 3 is 2.78 bits per heavy atom. The molecule has 2 aromatic rings. The number of benzene rings is 1. The van der Waals surface area contributed by atoms with Crippen molar-refractivity contribution in [2.75, 3.05) is 6.54 Å². The van der Waals surface area contributed by atoms with Gasteiger partial charge in [-0.05, 0) is 31.4 Å². The van der Waals surface area contributed by atoms with Gasteiger partial charge in [0.2, 0.25) is 0 Å². The Kier molecular flexibility index (Phi) is 3.15. The van der Waals surface area contributed by atoms with Crippen molar-refractivity contribution in [1.82, 2.24) is 9.78 Å². The van der Waals surface area contributed by atoms with Crippen LogP contribution in [0.5, 0.6) is 0 Å². The fraction of sp³-hybridized carbons (Fsp3) is 0.400. The lowest BCUT2D eigenvalue weighted by Gasteiger charge is -2.14. The first-order valence-electron chi connectivity index (χ1n) is 6.74. The molecule has 2 heterocycles.